The molecule has 0 unspecified atom stereocenters. The van der Waals surface area contributed by atoms with Crippen LogP contribution in [0.2, 0.25) is 0 Å². The van der Waals surface area contributed by atoms with E-state index in [-0.39, 0.29) is 5.56 Å². The van der Waals surface area contributed by atoms with Crippen molar-refractivity contribution in [3.8, 4) is 5.75 Å². The largest absolute Gasteiger partial charge is 0.497 e. The maximum Gasteiger partial charge on any atom is 0.276 e. The van der Waals surface area contributed by atoms with Gasteiger partial charge in [0, 0.05) is 18.3 Å². The molecule has 0 amide bonds. The van der Waals surface area contributed by atoms with Gasteiger partial charge in [0.2, 0.25) is 0 Å². The molecule has 2 aromatic heterocycles. The van der Waals surface area contributed by atoms with Crippen molar-refractivity contribution in [1.29, 1.82) is 0 Å². The molecule has 4 rings (SSSR count). The van der Waals surface area contributed by atoms with Crippen molar-refractivity contribution in [2.24, 2.45) is 0 Å². The molecule has 2 heterocycles. The van der Waals surface area contributed by atoms with Crippen LogP contribution in [0.4, 0.5) is 0 Å². The normalized spacial score (nSPS) is 14.4. The molecule has 0 atom stereocenters. The van der Waals surface area contributed by atoms with Gasteiger partial charge in [-0.2, -0.15) is 5.10 Å². The lowest BCUT2D eigenvalue weighted by atomic mass is 10.2. The highest BCUT2D eigenvalue weighted by molar-refractivity contribution is 5.46. The van der Waals surface area contributed by atoms with E-state index in [0.29, 0.717) is 18.0 Å². The molecular weight excluding hydrogens is 278 g/mol. The molecule has 1 saturated carbocycles. The van der Waals surface area contributed by atoms with Crippen molar-refractivity contribution in [2.45, 2.75) is 25.3 Å². The van der Waals surface area contributed by atoms with Crippen LogP contribution >= 0.6 is 0 Å². The molecule has 0 radical (unpaired) electrons. The number of nitrogens with zero attached hydrogens (tertiary/aromatic N) is 3. The number of fused-ring (bicyclic) bond motifs is 1. The first-order valence-electron chi connectivity index (χ1n) is 7.46. The number of ether oxygens (including phenoxy) is 1. The molecule has 1 aliphatic carbocycles. The fraction of sp³-hybridized carbons (Fsp3) is 0.294. The summed E-state index contributed by atoms with van der Waals surface area (Å²) < 4.78 is 8.56. The van der Waals surface area contributed by atoms with Crippen LogP contribution < -0.4 is 10.3 Å². The van der Waals surface area contributed by atoms with Crippen LogP contribution in [0.25, 0.3) is 5.52 Å². The van der Waals surface area contributed by atoms with Crippen molar-refractivity contribution < 1.29 is 4.74 Å². The first-order valence-corrected chi connectivity index (χ1v) is 7.46. The average molecular weight is 295 g/mol. The highest BCUT2D eigenvalue weighted by Gasteiger charge is 2.26. The molecule has 0 N–H and O–H groups in total. The Morgan fingerprint density at radius 3 is 2.68 bits per heavy atom. The average Bonchev–Trinajstić information content (AvgIpc) is 3.30. The molecule has 5 nitrogen and oxygen atoms in total. The van der Waals surface area contributed by atoms with Gasteiger partial charge in [-0.25, -0.2) is 4.52 Å². The van der Waals surface area contributed by atoms with E-state index in [9.17, 15) is 4.79 Å². The fourth-order valence-electron chi connectivity index (χ4n) is 2.68. The van der Waals surface area contributed by atoms with E-state index in [1.807, 2.05) is 36.5 Å². The van der Waals surface area contributed by atoms with Crippen LogP contribution in [0.1, 0.15) is 30.0 Å². The maximum absolute atomic E-state index is 12.6. The van der Waals surface area contributed by atoms with E-state index in [1.165, 1.54) is 12.8 Å². The van der Waals surface area contributed by atoms with Gasteiger partial charge in [0.25, 0.3) is 5.56 Å². The first kappa shape index (κ1) is 13.1. The quantitative estimate of drug-likeness (QED) is 0.742. The lowest BCUT2D eigenvalue weighted by Gasteiger charge is -2.07. The van der Waals surface area contributed by atoms with E-state index < -0.39 is 0 Å². The zero-order valence-corrected chi connectivity index (χ0v) is 12.4. The van der Waals surface area contributed by atoms with Gasteiger partial charge in [-0.3, -0.25) is 4.79 Å². The molecule has 0 spiro atoms. The van der Waals surface area contributed by atoms with Gasteiger partial charge in [-0.1, -0.05) is 12.1 Å². The van der Waals surface area contributed by atoms with Crippen LogP contribution in [-0.4, -0.2) is 21.3 Å². The Balaban J connectivity index is 1.68. The molecule has 1 aliphatic rings. The third-order valence-corrected chi connectivity index (χ3v) is 4.13. The van der Waals surface area contributed by atoms with Crippen molar-refractivity contribution >= 4 is 5.52 Å². The summed E-state index contributed by atoms with van der Waals surface area (Å²) in [5.74, 6) is 1.37. The molecule has 22 heavy (non-hydrogen) atoms. The monoisotopic (exact) mass is 295 g/mol. The van der Waals surface area contributed by atoms with Gasteiger partial charge in [-0.05, 0) is 36.6 Å². The number of hydrogen-bond donors (Lipinski definition) is 0. The van der Waals surface area contributed by atoms with Crippen molar-refractivity contribution in [1.82, 2.24) is 14.2 Å². The summed E-state index contributed by atoms with van der Waals surface area (Å²) in [5.41, 5.74) is 2.75. The van der Waals surface area contributed by atoms with Gasteiger partial charge >= 0.3 is 0 Å². The van der Waals surface area contributed by atoms with E-state index in [1.54, 1.807) is 22.4 Å². The molecule has 0 bridgehead atoms. The van der Waals surface area contributed by atoms with Gasteiger partial charge in [-0.15, -0.1) is 0 Å². The summed E-state index contributed by atoms with van der Waals surface area (Å²) >= 11 is 0. The van der Waals surface area contributed by atoms with E-state index in [0.717, 1.165) is 17.0 Å². The first-order chi connectivity index (χ1) is 10.7. The maximum atomic E-state index is 12.6. The van der Waals surface area contributed by atoms with Crippen LogP contribution in [0.3, 0.4) is 0 Å². The Kier molecular flexibility index (Phi) is 2.99. The fourth-order valence-corrected chi connectivity index (χ4v) is 2.68. The molecule has 112 valence electrons. The zero-order valence-electron chi connectivity index (χ0n) is 12.4. The minimum absolute atomic E-state index is 0.00211. The zero-order chi connectivity index (χ0) is 15.1. The number of methoxy groups -OCH3 is 1. The molecule has 3 aromatic rings. The topological polar surface area (TPSA) is 48.5 Å². The summed E-state index contributed by atoms with van der Waals surface area (Å²) in [7, 11) is 1.64. The third-order valence-electron chi connectivity index (χ3n) is 4.13. The number of hydrogen-bond acceptors (Lipinski definition) is 3. The van der Waals surface area contributed by atoms with E-state index >= 15 is 0 Å². The second-order valence-electron chi connectivity index (χ2n) is 5.75. The lowest BCUT2D eigenvalue weighted by molar-refractivity contribution is 0.414. The van der Waals surface area contributed by atoms with Crippen LogP contribution in [0.15, 0.2) is 47.5 Å². The summed E-state index contributed by atoms with van der Waals surface area (Å²) in [4.78, 5) is 12.6. The SMILES string of the molecule is COc1ccc(Cn2ccn3nc(C4CC4)cc3c2=O)cc1. The third kappa shape index (κ3) is 2.28. The molecule has 1 aromatic carbocycles. The second-order valence-corrected chi connectivity index (χ2v) is 5.75. The summed E-state index contributed by atoms with van der Waals surface area (Å²) in [6.45, 7) is 0.545. The molecular formula is C17H17N3O2. The summed E-state index contributed by atoms with van der Waals surface area (Å²) in [6, 6.07) is 9.69. The van der Waals surface area contributed by atoms with E-state index in [2.05, 4.69) is 5.10 Å². The Hall–Kier alpha value is -2.56. The summed E-state index contributed by atoms with van der Waals surface area (Å²) in [5, 5.41) is 4.49. The van der Waals surface area contributed by atoms with E-state index in [4.69, 9.17) is 4.74 Å². The minimum Gasteiger partial charge on any atom is -0.497 e. The Labute approximate surface area is 127 Å². The predicted octanol–water partition coefficient (Wildman–Crippen LogP) is 2.43. The minimum atomic E-state index is -0.00211. The smallest absolute Gasteiger partial charge is 0.276 e. The number of benzene rings is 1. The van der Waals surface area contributed by atoms with Crippen LogP contribution in [0.5, 0.6) is 5.75 Å². The molecule has 0 saturated heterocycles. The Bertz CT molecular complexity index is 873. The molecule has 1 fully saturated rings. The highest BCUT2D eigenvalue weighted by Crippen LogP contribution is 2.39. The predicted molar refractivity (Wildman–Crippen MR) is 83.5 cm³/mol. The van der Waals surface area contributed by atoms with Crippen molar-refractivity contribution in [3.63, 3.8) is 0 Å². The van der Waals surface area contributed by atoms with Gasteiger partial charge in [0.15, 0.2) is 0 Å². The van der Waals surface area contributed by atoms with Gasteiger partial charge in [0.1, 0.15) is 11.3 Å². The Morgan fingerprint density at radius 1 is 1.23 bits per heavy atom. The second kappa shape index (κ2) is 5.02. The molecule has 0 aliphatic heterocycles. The standard InChI is InChI=1S/C17H17N3O2/c1-22-14-6-2-12(3-7-14)11-19-8-9-20-16(17(19)21)10-15(18-20)13-4-5-13/h2-3,6-10,13H,4-5,11H2,1H3. The number of rotatable bonds is 4. The van der Waals surface area contributed by atoms with Crippen LogP contribution in [0, 0.1) is 0 Å². The summed E-state index contributed by atoms with van der Waals surface area (Å²) in [6.07, 6.45) is 6.02. The van der Waals surface area contributed by atoms with Crippen molar-refractivity contribution in [2.75, 3.05) is 7.11 Å². The lowest BCUT2D eigenvalue weighted by Crippen LogP contribution is -2.21. The van der Waals surface area contributed by atoms with Gasteiger partial charge in [0.05, 0.1) is 19.3 Å². The van der Waals surface area contributed by atoms with Gasteiger partial charge < -0.3 is 9.30 Å². The van der Waals surface area contributed by atoms with Crippen molar-refractivity contribution in [3.05, 3.63) is 64.3 Å². The Morgan fingerprint density at radius 2 is 2.00 bits per heavy atom. The van der Waals surface area contributed by atoms with Crippen LogP contribution in [-0.2, 0) is 6.54 Å². The highest BCUT2D eigenvalue weighted by atomic mass is 16.5. The number of aromatic nitrogens is 3. The molecule has 5 heteroatoms.